The van der Waals surface area contributed by atoms with Gasteiger partial charge in [0.2, 0.25) is 11.0 Å². The van der Waals surface area contributed by atoms with Crippen molar-refractivity contribution in [3.8, 4) is 22.9 Å². The zero-order valence-corrected chi connectivity index (χ0v) is 17.2. The molecule has 0 spiro atoms. The molecule has 27 heavy (non-hydrogen) atoms. The fraction of sp³-hybridized carbons (Fsp3) is 0.211. The Hall–Kier alpha value is -2.32. The second-order valence-electron chi connectivity index (χ2n) is 5.79. The van der Waals surface area contributed by atoms with Crippen LogP contribution in [0.4, 0.5) is 5.69 Å². The summed E-state index contributed by atoms with van der Waals surface area (Å²) in [6.07, 6.45) is 1.50. The zero-order chi connectivity index (χ0) is 18.8. The lowest BCUT2D eigenvalue weighted by Crippen LogP contribution is -2.17. The van der Waals surface area contributed by atoms with Gasteiger partial charge in [0.15, 0.2) is 11.9 Å². The number of ether oxygens (including phenoxy) is 2. The summed E-state index contributed by atoms with van der Waals surface area (Å²) in [5, 5.41) is 12.5. The monoisotopic (exact) mass is 444 g/mol. The molecule has 0 fully saturated rings. The van der Waals surface area contributed by atoms with E-state index in [1.54, 1.807) is 0 Å². The van der Waals surface area contributed by atoms with Gasteiger partial charge in [0.05, 0.1) is 6.61 Å². The normalized spacial score (nSPS) is 15.0. The first-order valence-corrected chi connectivity index (χ1v) is 10.4. The van der Waals surface area contributed by atoms with Crippen molar-refractivity contribution in [2.75, 3.05) is 18.2 Å². The minimum Gasteiger partial charge on any atom is -0.494 e. The Balaban J connectivity index is 1.78. The molecule has 0 saturated carbocycles. The van der Waals surface area contributed by atoms with Crippen molar-refractivity contribution >= 4 is 33.4 Å². The van der Waals surface area contributed by atoms with Gasteiger partial charge in [0.1, 0.15) is 5.75 Å². The summed E-state index contributed by atoms with van der Waals surface area (Å²) in [5.41, 5.74) is 3.37. The van der Waals surface area contributed by atoms with E-state index in [0.29, 0.717) is 23.3 Å². The molecule has 2 aromatic carbocycles. The molecule has 0 radical (unpaired) electrons. The minimum absolute atomic E-state index is 0.409. The number of nitrogens with one attached hydrogen (secondary N) is 1. The number of hydrogen-bond donors (Lipinski definition) is 1. The van der Waals surface area contributed by atoms with Crippen molar-refractivity contribution < 1.29 is 9.47 Å². The van der Waals surface area contributed by atoms with E-state index in [1.807, 2.05) is 55.6 Å². The van der Waals surface area contributed by atoms with Crippen molar-refractivity contribution in [3.63, 3.8) is 0 Å². The maximum Gasteiger partial charge on any atom is 0.247 e. The van der Waals surface area contributed by atoms with Gasteiger partial charge in [-0.3, -0.25) is 0 Å². The van der Waals surface area contributed by atoms with Crippen molar-refractivity contribution in [2.45, 2.75) is 18.3 Å². The molecule has 1 atom stereocenters. The number of aromatic nitrogens is 3. The molecule has 8 heteroatoms. The van der Waals surface area contributed by atoms with Crippen LogP contribution in [0.2, 0.25) is 0 Å². The van der Waals surface area contributed by atoms with Crippen molar-refractivity contribution in [1.82, 2.24) is 15.2 Å². The Kier molecular flexibility index (Phi) is 5.18. The van der Waals surface area contributed by atoms with Gasteiger partial charge in [-0.2, -0.15) is 4.98 Å². The standard InChI is InChI=1S/C19H17BrN4O2S/c1-3-25-13-7-4-11(5-8-13)17-21-15-9-6-12(20)10-14(15)16-18(26-17)22-19(27-2)24-23-16/h4-10,17,21H,3H2,1-2H3/t17-/m1/s1. The van der Waals surface area contributed by atoms with Crippen LogP contribution < -0.4 is 14.8 Å². The summed E-state index contributed by atoms with van der Waals surface area (Å²) >= 11 is 4.95. The molecule has 1 aliphatic rings. The summed E-state index contributed by atoms with van der Waals surface area (Å²) in [6, 6.07) is 13.8. The fourth-order valence-corrected chi connectivity index (χ4v) is 3.47. The van der Waals surface area contributed by atoms with E-state index in [2.05, 4.69) is 36.4 Å². The minimum atomic E-state index is -0.409. The van der Waals surface area contributed by atoms with Gasteiger partial charge in [-0.15, -0.1) is 10.2 Å². The Morgan fingerprint density at radius 2 is 2.00 bits per heavy atom. The molecule has 0 aliphatic carbocycles. The molecule has 1 aliphatic heterocycles. The Morgan fingerprint density at radius 3 is 2.74 bits per heavy atom. The Bertz CT molecular complexity index is 968. The number of anilines is 1. The Labute approximate surface area is 169 Å². The van der Waals surface area contributed by atoms with E-state index in [-0.39, 0.29) is 0 Å². The van der Waals surface area contributed by atoms with Crippen molar-refractivity contribution in [1.29, 1.82) is 0 Å². The van der Waals surface area contributed by atoms with Crippen LogP contribution in [0.5, 0.6) is 11.6 Å². The van der Waals surface area contributed by atoms with E-state index in [0.717, 1.165) is 27.0 Å². The zero-order valence-electron chi connectivity index (χ0n) is 14.8. The first kappa shape index (κ1) is 18.1. The van der Waals surface area contributed by atoms with Crippen LogP contribution in [-0.2, 0) is 0 Å². The molecule has 138 valence electrons. The molecule has 0 amide bonds. The van der Waals surface area contributed by atoms with Gasteiger partial charge >= 0.3 is 0 Å². The highest BCUT2D eigenvalue weighted by atomic mass is 79.9. The van der Waals surface area contributed by atoms with E-state index in [1.165, 1.54) is 11.8 Å². The second kappa shape index (κ2) is 7.74. The molecule has 1 N–H and O–H groups in total. The van der Waals surface area contributed by atoms with Crippen LogP contribution in [0.3, 0.4) is 0 Å². The number of thioether (sulfide) groups is 1. The average molecular weight is 445 g/mol. The molecule has 3 aromatic rings. The average Bonchev–Trinajstić information content (AvgIpc) is 2.85. The molecule has 0 saturated heterocycles. The first-order valence-electron chi connectivity index (χ1n) is 8.42. The van der Waals surface area contributed by atoms with Gasteiger partial charge in [-0.1, -0.05) is 27.7 Å². The van der Waals surface area contributed by atoms with E-state index in [4.69, 9.17) is 9.47 Å². The maximum atomic E-state index is 6.21. The van der Waals surface area contributed by atoms with Crippen LogP contribution in [0.25, 0.3) is 11.3 Å². The number of fused-ring (bicyclic) bond motifs is 3. The summed E-state index contributed by atoms with van der Waals surface area (Å²) in [5.74, 6) is 1.28. The number of nitrogens with zero attached hydrogens (tertiary/aromatic N) is 3. The lowest BCUT2D eigenvalue weighted by Gasteiger charge is -2.19. The highest BCUT2D eigenvalue weighted by Crippen LogP contribution is 2.40. The SMILES string of the molecule is CCOc1ccc([C@@H]2Nc3ccc(Br)cc3-c3nnc(SC)nc3O2)cc1. The molecule has 6 nitrogen and oxygen atoms in total. The molecule has 0 unspecified atom stereocenters. The third-order valence-corrected chi connectivity index (χ3v) is 5.10. The van der Waals surface area contributed by atoms with Gasteiger partial charge in [-0.25, -0.2) is 0 Å². The van der Waals surface area contributed by atoms with Crippen LogP contribution in [0.1, 0.15) is 18.7 Å². The largest absolute Gasteiger partial charge is 0.494 e. The Morgan fingerprint density at radius 1 is 1.19 bits per heavy atom. The molecule has 4 rings (SSSR count). The lowest BCUT2D eigenvalue weighted by atomic mass is 10.1. The predicted molar refractivity (Wildman–Crippen MR) is 109 cm³/mol. The summed E-state index contributed by atoms with van der Waals surface area (Å²) in [7, 11) is 0. The summed E-state index contributed by atoms with van der Waals surface area (Å²) in [6.45, 7) is 2.60. The second-order valence-corrected chi connectivity index (χ2v) is 7.48. The fourth-order valence-electron chi connectivity index (χ4n) is 2.81. The van der Waals surface area contributed by atoms with E-state index < -0.39 is 6.23 Å². The van der Waals surface area contributed by atoms with Crippen LogP contribution in [-0.4, -0.2) is 28.0 Å². The van der Waals surface area contributed by atoms with Crippen LogP contribution in [0.15, 0.2) is 52.1 Å². The predicted octanol–water partition coefficient (Wildman–Crippen LogP) is 4.92. The highest BCUT2D eigenvalue weighted by molar-refractivity contribution is 9.10. The molecular weight excluding hydrogens is 428 g/mol. The first-order chi connectivity index (χ1) is 13.2. The summed E-state index contributed by atoms with van der Waals surface area (Å²) in [4.78, 5) is 4.53. The van der Waals surface area contributed by atoms with Crippen LogP contribution in [0, 0.1) is 0 Å². The third-order valence-electron chi connectivity index (χ3n) is 4.06. The summed E-state index contributed by atoms with van der Waals surface area (Å²) < 4.78 is 12.7. The quantitative estimate of drug-likeness (QED) is 0.572. The highest BCUT2D eigenvalue weighted by Gasteiger charge is 2.26. The topological polar surface area (TPSA) is 69.2 Å². The number of rotatable bonds is 4. The van der Waals surface area contributed by atoms with Crippen molar-refractivity contribution in [2.24, 2.45) is 0 Å². The number of benzene rings is 2. The van der Waals surface area contributed by atoms with Gasteiger partial charge in [-0.05, 0) is 55.6 Å². The molecule has 0 bridgehead atoms. The van der Waals surface area contributed by atoms with E-state index in [9.17, 15) is 0 Å². The van der Waals surface area contributed by atoms with Crippen molar-refractivity contribution in [3.05, 3.63) is 52.5 Å². The molecular formula is C19H17BrN4O2S. The maximum absolute atomic E-state index is 6.21. The van der Waals surface area contributed by atoms with Gasteiger partial charge < -0.3 is 14.8 Å². The molecule has 2 heterocycles. The van der Waals surface area contributed by atoms with Gasteiger partial charge in [0, 0.05) is 21.3 Å². The number of halogens is 1. The molecule has 1 aromatic heterocycles. The smallest absolute Gasteiger partial charge is 0.247 e. The lowest BCUT2D eigenvalue weighted by molar-refractivity contribution is 0.225. The number of hydrogen-bond acceptors (Lipinski definition) is 7. The van der Waals surface area contributed by atoms with Gasteiger partial charge in [0.25, 0.3) is 0 Å². The van der Waals surface area contributed by atoms with E-state index >= 15 is 0 Å². The third kappa shape index (κ3) is 3.72. The van der Waals surface area contributed by atoms with Crippen LogP contribution >= 0.6 is 27.7 Å².